The van der Waals surface area contributed by atoms with Crippen LogP contribution in [0.5, 0.6) is 0 Å². The van der Waals surface area contributed by atoms with Crippen molar-refractivity contribution >= 4 is 29.2 Å². The summed E-state index contributed by atoms with van der Waals surface area (Å²) in [4.78, 5) is 4.17. The van der Waals surface area contributed by atoms with Gasteiger partial charge in [0.25, 0.3) is 0 Å². The molecule has 0 saturated carbocycles. The molecule has 1 unspecified atom stereocenters. The van der Waals surface area contributed by atoms with Crippen molar-refractivity contribution in [1.29, 1.82) is 0 Å². The van der Waals surface area contributed by atoms with Crippen molar-refractivity contribution in [3.8, 4) is 0 Å². The van der Waals surface area contributed by atoms with Gasteiger partial charge in [0.05, 0.1) is 5.02 Å². The number of thioether (sulfide) groups is 1. The molecule has 1 rings (SSSR count). The first kappa shape index (κ1) is 11.7. The SMILES string of the molecule is CCSCC(C)Nc1ccc(Cl)cn1. The molecule has 1 aromatic heterocycles. The average molecular weight is 231 g/mol. The maximum Gasteiger partial charge on any atom is 0.126 e. The lowest BCUT2D eigenvalue weighted by Crippen LogP contribution is -2.18. The average Bonchev–Trinajstić information content (AvgIpc) is 2.18. The molecule has 0 aliphatic heterocycles. The van der Waals surface area contributed by atoms with Crippen LogP contribution in [0, 0.1) is 0 Å². The summed E-state index contributed by atoms with van der Waals surface area (Å²) < 4.78 is 0. The van der Waals surface area contributed by atoms with Crippen LogP contribution in [0.4, 0.5) is 5.82 Å². The molecule has 0 aromatic carbocycles. The fourth-order valence-electron chi connectivity index (χ4n) is 1.05. The van der Waals surface area contributed by atoms with E-state index in [2.05, 4.69) is 24.1 Å². The second-order valence-corrected chi connectivity index (χ2v) is 4.82. The Bertz CT molecular complexity index is 263. The number of rotatable bonds is 5. The van der Waals surface area contributed by atoms with Gasteiger partial charge in [-0.05, 0) is 24.8 Å². The Morgan fingerprint density at radius 2 is 2.36 bits per heavy atom. The van der Waals surface area contributed by atoms with E-state index >= 15 is 0 Å². The third-order valence-electron chi connectivity index (χ3n) is 1.69. The third kappa shape index (κ3) is 4.20. The summed E-state index contributed by atoms with van der Waals surface area (Å²) in [5.41, 5.74) is 0. The standard InChI is InChI=1S/C10H15ClN2S/c1-3-14-7-8(2)13-10-5-4-9(11)6-12-10/h4-6,8H,3,7H2,1-2H3,(H,12,13). The van der Waals surface area contributed by atoms with Gasteiger partial charge in [-0.25, -0.2) is 4.98 Å². The van der Waals surface area contributed by atoms with Crippen molar-refractivity contribution in [2.24, 2.45) is 0 Å². The minimum atomic E-state index is 0.439. The van der Waals surface area contributed by atoms with Crippen LogP contribution in [-0.2, 0) is 0 Å². The van der Waals surface area contributed by atoms with Gasteiger partial charge < -0.3 is 5.32 Å². The van der Waals surface area contributed by atoms with E-state index in [1.807, 2.05) is 23.9 Å². The van der Waals surface area contributed by atoms with Crippen LogP contribution in [0.2, 0.25) is 5.02 Å². The number of nitrogens with zero attached hydrogens (tertiary/aromatic N) is 1. The quantitative estimate of drug-likeness (QED) is 0.841. The molecular formula is C10H15ClN2S. The van der Waals surface area contributed by atoms with Gasteiger partial charge in [-0.2, -0.15) is 11.8 Å². The Morgan fingerprint density at radius 3 is 2.93 bits per heavy atom. The van der Waals surface area contributed by atoms with E-state index in [1.165, 1.54) is 0 Å². The maximum atomic E-state index is 5.74. The lowest BCUT2D eigenvalue weighted by molar-refractivity contribution is 0.902. The Labute approximate surface area is 94.5 Å². The first-order valence-electron chi connectivity index (χ1n) is 4.68. The van der Waals surface area contributed by atoms with Gasteiger partial charge in [0.1, 0.15) is 5.82 Å². The molecule has 0 fully saturated rings. The van der Waals surface area contributed by atoms with Crippen molar-refractivity contribution in [2.75, 3.05) is 16.8 Å². The number of nitrogens with one attached hydrogen (secondary N) is 1. The molecule has 1 aromatic rings. The highest BCUT2D eigenvalue weighted by atomic mass is 35.5. The molecular weight excluding hydrogens is 216 g/mol. The van der Waals surface area contributed by atoms with Crippen LogP contribution < -0.4 is 5.32 Å². The fraction of sp³-hybridized carbons (Fsp3) is 0.500. The van der Waals surface area contributed by atoms with E-state index < -0.39 is 0 Å². The monoisotopic (exact) mass is 230 g/mol. The molecule has 0 amide bonds. The molecule has 14 heavy (non-hydrogen) atoms. The topological polar surface area (TPSA) is 24.9 Å². The summed E-state index contributed by atoms with van der Waals surface area (Å²) in [6.07, 6.45) is 1.66. The van der Waals surface area contributed by atoms with E-state index in [0.717, 1.165) is 17.3 Å². The summed E-state index contributed by atoms with van der Waals surface area (Å²) in [5.74, 6) is 3.14. The lowest BCUT2D eigenvalue weighted by Gasteiger charge is -2.13. The van der Waals surface area contributed by atoms with Gasteiger partial charge in [-0.3, -0.25) is 0 Å². The van der Waals surface area contributed by atoms with Crippen LogP contribution in [0.3, 0.4) is 0 Å². The summed E-state index contributed by atoms with van der Waals surface area (Å²) in [6.45, 7) is 4.32. The van der Waals surface area contributed by atoms with Crippen LogP contribution in [0.25, 0.3) is 0 Å². The van der Waals surface area contributed by atoms with E-state index in [4.69, 9.17) is 11.6 Å². The largest absolute Gasteiger partial charge is 0.367 e. The third-order valence-corrected chi connectivity index (χ3v) is 3.06. The van der Waals surface area contributed by atoms with Gasteiger partial charge in [0, 0.05) is 18.0 Å². The van der Waals surface area contributed by atoms with E-state index in [-0.39, 0.29) is 0 Å². The van der Waals surface area contributed by atoms with Crippen LogP contribution in [0.15, 0.2) is 18.3 Å². The number of halogens is 1. The molecule has 1 atom stereocenters. The smallest absolute Gasteiger partial charge is 0.126 e. The molecule has 0 spiro atoms. The minimum absolute atomic E-state index is 0.439. The van der Waals surface area contributed by atoms with Crippen molar-refractivity contribution in [1.82, 2.24) is 4.98 Å². The molecule has 1 N–H and O–H groups in total. The van der Waals surface area contributed by atoms with Crippen LogP contribution in [-0.4, -0.2) is 22.5 Å². The second-order valence-electron chi connectivity index (χ2n) is 3.07. The first-order chi connectivity index (χ1) is 6.72. The zero-order valence-electron chi connectivity index (χ0n) is 8.46. The summed E-state index contributed by atoms with van der Waals surface area (Å²) in [7, 11) is 0. The molecule has 4 heteroatoms. The highest BCUT2D eigenvalue weighted by Crippen LogP contribution is 2.11. The molecule has 0 radical (unpaired) electrons. The van der Waals surface area contributed by atoms with Crippen molar-refractivity contribution < 1.29 is 0 Å². The number of hydrogen-bond donors (Lipinski definition) is 1. The normalized spacial score (nSPS) is 12.5. The van der Waals surface area contributed by atoms with Crippen LogP contribution >= 0.6 is 23.4 Å². The molecule has 2 nitrogen and oxygen atoms in total. The predicted molar refractivity (Wildman–Crippen MR) is 65.3 cm³/mol. The summed E-state index contributed by atoms with van der Waals surface area (Å²) in [6, 6.07) is 4.18. The Balaban J connectivity index is 2.39. The molecule has 0 bridgehead atoms. The van der Waals surface area contributed by atoms with Gasteiger partial charge in [-0.15, -0.1) is 0 Å². The molecule has 78 valence electrons. The predicted octanol–water partition coefficient (Wildman–Crippen LogP) is 3.29. The van der Waals surface area contributed by atoms with E-state index in [9.17, 15) is 0 Å². The van der Waals surface area contributed by atoms with Crippen molar-refractivity contribution in [3.05, 3.63) is 23.4 Å². The Kier molecular flexibility index (Phi) is 5.12. The second kappa shape index (κ2) is 6.14. The van der Waals surface area contributed by atoms with Gasteiger partial charge in [0.15, 0.2) is 0 Å². The number of anilines is 1. The fourth-order valence-corrected chi connectivity index (χ4v) is 1.83. The molecule has 0 saturated heterocycles. The highest BCUT2D eigenvalue weighted by molar-refractivity contribution is 7.99. The number of hydrogen-bond acceptors (Lipinski definition) is 3. The zero-order valence-corrected chi connectivity index (χ0v) is 10.0. The summed E-state index contributed by atoms with van der Waals surface area (Å²) >= 11 is 7.66. The molecule has 1 heterocycles. The maximum absolute atomic E-state index is 5.74. The Hall–Kier alpha value is -0.410. The van der Waals surface area contributed by atoms with Crippen molar-refractivity contribution in [3.63, 3.8) is 0 Å². The van der Waals surface area contributed by atoms with Gasteiger partial charge in [0.2, 0.25) is 0 Å². The highest BCUT2D eigenvalue weighted by Gasteiger charge is 2.01. The summed E-state index contributed by atoms with van der Waals surface area (Å²) in [5, 5.41) is 3.99. The van der Waals surface area contributed by atoms with Gasteiger partial charge in [-0.1, -0.05) is 18.5 Å². The molecule has 0 aliphatic rings. The van der Waals surface area contributed by atoms with Crippen molar-refractivity contribution in [2.45, 2.75) is 19.9 Å². The van der Waals surface area contributed by atoms with E-state index in [0.29, 0.717) is 11.1 Å². The van der Waals surface area contributed by atoms with Crippen LogP contribution in [0.1, 0.15) is 13.8 Å². The van der Waals surface area contributed by atoms with Gasteiger partial charge >= 0.3 is 0 Å². The zero-order chi connectivity index (χ0) is 10.4. The Morgan fingerprint density at radius 1 is 1.57 bits per heavy atom. The first-order valence-corrected chi connectivity index (χ1v) is 6.21. The minimum Gasteiger partial charge on any atom is -0.367 e. The molecule has 0 aliphatic carbocycles. The lowest BCUT2D eigenvalue weighted by atomic mass is 10.4. The van der Waals surface area contributed by atoms with E-state index in [1.54, 1.807) is 6.20 Å². The number of pyridine rings is 1. The number of aromatic nitrogens is 1.